The zero-order valence-electron chi connectivity index (χ0n) is 12.1. The molecule has 2 N–H and O–H groups in total. The molecule has 6 nitrogen and oxygen atoms in total. The number of anilines is 1. The second-order valence-corrected chi connectivity index (χ2v) is 5.21. The van der Waals surface area contributed by atoms with Crippen molar-refractivity contribution in [2.45, 2.75) is 13.0 Å². The lowest BCUT2D eigenvalue weighted by atomic mass is 10.1. The van der Waals surface area contributed by atoms with Gasteiger partial charge in [-0.1, -0.05) is 0 Å². The number of amides is 2. The highest BCUT2D eigenvalue weighted by Crippen LogP contribution is 2.11. The van der Waals surface area contributed by atoms with Gasteiger partial charge in [-0.05, 0) is 24.1 Å². The third kappa shape index (κ3) is 4.38. The Morgan fingerprint density at radius 3 is 3.05 bits per heavy atom. The van der Waals surface area contributed by atoms with Crippen LogP contribution in [0.3, 0.4) is 0 Å². The van der Waals surface area contributed by atoms with Gasteiger partial charge in [-0.3, -0.25) is 0 Å². The molecule has 0 radical (unpaired) electrons. The van der Waals surface area contributed by atoms with E-state index < -0.39 is 0 Å². The molecule has 1 aliphatic rings. The highest BCUT2D eigenvalue weighted by molar-refractivity contribution is 5.73. The van der Waals surface area contributed by atoms with Crippen molar-refractivity contribution in [1.82, 2.24) is 15.6 Å². The Hall–Kier alpha value is -1.82. The number of hydrogen-bond donors (Lipinski definition) is 2. The molecule has 20 heavy (non-hydrogen) atoms. The molecule has 0 bridgehead atoms. The fraction of sp³-hybridized carbons (Fsp3) is 0.571. The van der Waals surface area contributed by atoms with Crippen LogP contribution in [0.15, 0.2) is 18.3 Å². The molecule has 2 rings (SSSR count). The first-order chi connectivity index (χ1) is 9.65. The number of urea groups is 1. The Balaban J connectivity index is 1.73. The lowest BCUT2D eigenvalue weighted by Gasteiger charge is -2.13. The summed E-state index contributed by atoms with van der Waals surface area (Å²) in [6, 6.07) is 3.73. The van der Waals surface area contributed by atoms with Crippen LogP contribution in [0.4, 0.5) is 10.6 Å². The summed E-state index contributed by atoms with van der Waals surface area (Å²) in [5, 5.41) is 5.73. The van der Waals surface area contributed by atoms with E-state index in [-0.39, 0.29) is 6.03 Å². The normalized spacial score (nSPS) is 17.8. The smallest absolute Gasteiger partial charge is 0.315 e. The molecule has 1 fully saturated rings. The van der Waals surface area contributed by atoms with Crippen LogP contribution in [0.25, 0.3) is 0 Å². The minimum Gasteiger partial charge on any atom is -0.381 e. The highest BCUT2D eigenvalue weighted by Gasteiger charge is 2.16. The molecular formula is C14H22N4O2. The Morgan fingerprint density at radius 2 is 2.35 bits per heavy atom. The number of nitrogens with one attached hydrogen (secondary N) is 2. The molecule has 1 aromatic heterocycles. The van der Waals surface area contributed by atoms with Crippen LogP contribution in [-0.4, -0.2) is 44.9 Å². The summed E-state index contributed by atoms with van der Waals surface area (Å²) in [4.78, 5) is 17.9. The van der Waals surface area contributed by atoms with Crippen LogP contribution < -0.4 is 15.5 Å². The van der Waals surface area contributed by atoms with Crippen LogP contribution in [-0.2, 0) is 11.3 Å². The summed E-state index contributed by atoms with van der Waals surface area (Å²) in [6.07, 6.45) is 2.77. The van der Waals surface area contributed by atoms with Gasteiger partial charge >= 0.3 is 6.03 Å². The lowest BCUT2D eigenvalue weighted by Crippen LogP contribution is -2.38. The van der Waals surface area contributed by atoms with E-state index in [0.717, 1.165) is 31.0 Å². The molecule has 1 atom stereocenters. The van der Waals surface area contributed by atoms with Crippen LogP contribution in [0.1, 0.15) is 12.0 Å². The van der Waals surface area contributed by atoms with Crippen molar-refractivity contribution in [2.75, 3.05) is 38.8 Å². The molecule has 0 aliphatic carbocycles. The van der Waals surface area contributed by atoms with E-state index in [2.05, 4.69) is 15.6 Å². The van der Waals surface area contributed by atoms with E-state index in [9.17, 15) is 4.79 Å². The lowest BCUT2D eigenvalue weighted by molar-refractivity contribution is 0.185. The van der Waals surface area contributed by atoms with E-state index in [4.69, 9.17) is 4.74 Å². The van der Waals surface area contributed by atoms with Crippen LogP contribution in [0.2, 0.25) is 0 Å². The molecule has 2 amide bonds. The topological polar surface area (TPSA) is 66.5 Å². The van der Waals surface area contributed by atoms with Gasteiger partial charge in [0.15, 0.2) is 0 Å². The van der Waals surface area contributed by atoms with Crippen LogP contribution >= 0.6 is 0 Å². The monoisotopic (exact) mass is 278 g/mol. The number of carbonyl (C=O) groups excluding carboxylic acids is 1. The molecular weight excluding hydrogens is 256 g/mol. The number of aromatic nitrogens is 1. The minimum atomic E-state index is -0.139. The zero-order valence-corrected chi connectivity index (χ0v) is 12.1. The zero-order chi connectivity index (χ0) is 14.4. The summed E-state index contributed by atoms with van der Waals surface area (Å²) in [5.41, 5.74) is 1.03. The molecule has 0 unspecified atom stereocenters. The van der Waals surface area contributed by atoms with Crippen molar-refractivity contribution in [1.29, 1.82) is 0 Å². The fourth-order valence-corrected chi connectivity index (χ4v) is 2.04. The average Bonchev–Trinajstić information content (AvgIpc) is 2.96. The number of carbonyl (C=O) groups is 1. The van der Waals surface area contributed by atoms with Crippen LogP contribution in [0.5, 0.6) is 0 Å². The predicted octanol–water partition coefficient (Wildman–Crippen LogP) is 0.983. The summed E-state index contributed by atoms with van der Waals surface area (Å²) in [5.74, 6) is 1.33. The van der Waals surface area contributed by atoms with Crippen molar-refractivity contribution >= 4 is 11.8 Å². The standard InChI is InChI=1S/C14H22N4O2/c1-18(2)13-7-11(3-5-15-13)8-16-14(19)17-9-12-4-6-20-10-12/h3,5,7,12H,4,6,8-10H2,1-2H3,(H2,16,17,19)/t12-/m0/s1. The Morgan fingerprint density at radius 1 is 1.50 bits per heavy atom. The van der Waals surface area contributed by atoms with Gasteiger partial charge in [-0.2, -0.15) is 0 Å². The number of hydrogen-bond acceptors (Lipinski definition) is 4. The Labute approximate surface area is 119 Å². The summed E-state index contributed by atoms with van der Waals surface area (Å²) >= 11 is 0. The van der Waals surface area contributed by atoms with E-state index in [1.54, 1.807) is 6.20 Å². The SMILES string of the molecule is CN(C)c1cc(CNC(=O)NC[C@@H]2CCOC2)ccn1. The maximum absolute atomic E-state index is 11.7. The van der Waals surface area contributed by atoms with Gasteiger partial charge in [0.2, 0.25) is 0 Å². The van der Waals surface area contributed by atoms with E-state index >= 15 is 0 Å². The summed E-state index contributed by atoms with van der Waals surface area (Å²) < 4.78 is 5.27. The van der Waals surface area contributed by atoms with Gasteiger partial charge in [0.05, 0.1) is 6.61 Å². The average molecular weight is 278 g/mol. The molecule has 110 valence electrons. The maximum atomic E-state index is 11.7. The summed E-state index contributed by atoms with van der Waals surface area (Å²) in [6.45, 7) is 2.72. The van der Waals surface area contributed by atoms with Gasteiger partial charge in [0.25, 0.3) is 0 Å². The molecule has 1 saturated heterocycles. The van der Waals surface area contributed by atoms with Gasteiger partial charge in [-0.25, -0.2) is 9.78 Å². The number of ether oxygens (including phenoxy) is 1. The fourth-order valence-electron chi connectivity index (χ4n) is 2.04. The van der Waals surface area contributed by atoms with Crippen molar-refractivity contribution in [3.05, 3.63) is 23.9 Å². The first-order valence-electron chi connectivity index (χ1n) is 6.87. The van der Waals surface area contributed by atoms with Crippen molar-refractivity contribution in [2.24, 2.45) is 5.92 Å². The molecule has 0 spiro atoms. The second-order valence-electron chi connectivity index (χ2n) is 5.21. The quantitative estimate of drug-likeness (QED) is 0.842. The third-order valence-electron chi connectivity index (χ3n) is 3.30. The summed E-state index contributed by atoms with van der Waals surface area (Å²) in [7, 11) is 3.88. The van der Waals surface area contributed by atoms with E-state index in [1.165, 1.54) is 0 Å². The van der Waals surface area contributed by atoms with E-state index in [1.807, 2.05) is 31.1 Å². The minimum absolute atomic E-state index is 0.139. The first-order valence-corrected chi connectivity index (χ1v) is 6.87. The van der Waals surface area contributed by atoms with E-state index in [0.29, 0.717) is 19.0 Å². The van der Waals surface area contributed by atoms with Gasteiger partial charge in [0, 0.05) is 45.9 Å². The van der Waals surface area contributed by atoms with Gasteiger partial charge in [0.1, 0.15) is 5.82 Å². The number of pyridine rings is 1. The number of rotatable bonds is 5. The number of nitrogens with zero attached hydrogens (tertiary/aromatic N) is 2. The second kappa shape index (κ2) is 7.09. The molecule has 1 aromatic rings. The Kier molecular flexibility index (Phi) is 5.17. The molecule has 2 heterocycles. The maximum Gasteiger partial charge on any atom is 0.315 e. The van der Waals surface area contributed by atoms with Gasteiger partial charge < -0.3 is 20.3 Å². The van der Waals surface area contributed by atoms with Crippen molar-refractivity contribution < 1.29 is 9.53 Å². The molecule has 1 aliphatic heterocycles. The van der Waals surface area contributed by atoms with Crippen molar-refractivity contribution in [3.63, 3.8) is 0 Å². The highest BCUT2D eigenvalue weighted by atomic mass is 16.5. The van der Waals surface area contributed by atoms with Gasteiger partial charge in [-0.15, -0.1) is 0 Å². The molecule has 6 heteroatoms. The molecule has 0 saturated carbocycles. The Bertz CT molecular complexity index is 445. The third-order valence-corrected chi connectivity index (χ3v) is 3.30. The first kappa shape index (κ1) is 14.6. The largest absolute Gasteiger partial charge is 0.381 e. The predicted molar refractivity (Wildman–Crippen MR) is 77.7 cm³/mol. The van der Waals surface area contributed by atoms with Crippen molar-refractivity contribution in [3.8, 4) is 0 Å². The van der Waals surface area contributed by atoms with Crippen LogP contribution in [0, 0.1) is 5.92 Å². The molecule has 0 aromatic carbocycles.